The van der Waals surface area contributed by atoms with E-state index < -0.39 is 22.6 Å². The highest BCUT2D eigenvalue weighted by Gasteiger charge is 2.23. The van der Waals surface area contributed by atoms with Crippen molar-refractivity contribution in [1.29, 1.82) is 0 Å². The zero-order valence-electron chi connectivity index (χ0n) is 7.41. The molecule has 0 saturated heterocycles. The number of aromatic nitrogens is 1. The minimum Gasteiger partial charge on any atom is -0.481 e. The lowest BCUT2D eigenvalue weighted by atomic mass is 10.2. The van der Waals surface area contributed by atoms with Crippen LogP contribution in [0.2, 0.25) is 0 Å². The van der Waals surface area contributed by atoms with Crippen molar-refractivity contribution in [3.05, 3.63) is 26.3 Å². The van der Waals surface area contributed by atoms with Crippen LogP contribution in [0.3, 0.4) is 0 Å². The van der Waals surface area contributed by atoms with E-state index in [1.165, 1.54) is 0 Å². The Morgan fingerprint density at radius 2 is 2.27 bits per heavy atom. The molecule has 0 aromatic carbocycles. The third-order valence-electron chi connectivity index (χ3n) is 1.58. The van der Waals surface area contributed by atoms with Gasteiger partial charge in [0.15, 0.2) is 4.60 Å². The predicted octanol–water partition coefficient (Wildman–Crippen LogP) is 2.70. The minimum absolute atomic E-state index is 0.145. The van der Waals surface area contributed by atoms with Gasteiger partial charge in [0.1, 0.15) is 0 Å². The minimum atomic E-state index is -2.88. The highest BCUT2D eigenvalue weighted by Crippen LogP contribution is 2.34. The maximum Gasteiger partial charge on any atom is 0.302 e. The second-order valence-corrected chi connectivity index (χ2v) is 3.21. The van der Waals surface area contributed by atoms with Crippen LogP contribution in [0.1, 0.15) is 12.0 Å². The Kier molecular flexibility index (Phi) is 3.51. The van der Waals surface area contributed by atoms with Gasteiger partial charge in [0.25, 0.3) is 6.43 Å². The van der Waals surface area contributed by atoms with Crippen LogP contribution in [0.5, 0.6) is 5.88 Å². The smallest absolute Gasteiger partial charge is 0.302 e. The Labute approximate surface area is 91.3 Å². The summed E-state index contributed by atoms with van der Waals surface area (Å²) in [6.07, 6.45) is -2.88. The van der Waals surface area contributed by atoms with Gasteiger partial charge in [0, 0.05) is 6.07 Å². The highest BCUT2D eigenvalue weighted by atomic mass is 79.9. The van der Waals surface area contributed by atoms with Crippen molar-refractivity contribution in [1.82, 2.24) is 4.98 Å². The topological polar surface area (TPSA) is 65.3 Å². The summed E-state index contributed by atoms with van der Waals surface area (Å²) < 4.78 is 29.3. The summed E-state index contributed by atoms with van der Waals surface area (Å²) in [7, 11) is 1.16. The molecule has 0 unspecified atom stereocenters. The molecule has 0 saturated carbocycles. The Balaban J connectivity index is 3.37. The molecule has 5 nitrogen and oxygen atoms in total. The van der Waals surface area contributed by atoms with Crippen molar-refractivity contribution in [2.75, 3.05) is 7.11 Å². The summed E-state index contributed by atoms with van der Waals surface area (Å²) in [5.41, 5.74) is -1.13. The van der Waals surface area contributed by atoms with Crippen molar-refractivity contribution in [2.24, 2.45) is 0 Å². The number of methoxy groups -OCH3 is 1. The van der Waals surface area contributed by atoms with E-state index in [-0.39, 0.29) is 10.5 Å². The monoisotopic (exact) mass is 282 g/mol. The van der Waals surface area contributed by atoms with E-state index in [0.717, 1.165) is 13.2 Å². The third kappa shape index (κ3) is 2.38. The van der Waals surface area contributed by atoms with Gasteiger partial charge in [-0.15, -0.1) is 0 Å². The van der Waals surface area contributed by atoms with Crippen LogP contribution in [0.25, 0.3) is 0 Å². The number of alkyl halides is 2. The first-order valence-corrected chi connectivity index (χ1v) is 4.43. The van der Waals surface area contributed by atoms with Crippen LogP contribution >= 0.6 is 15.9 Å². The number of pyridine rings is 1. The number of halogens is 3. The van der Waals surface area contributed by atoms with Gasteiger partial charge in [-0.25, -0.2) is 8.78 Å². The maximum absolute atomic E-state index is 12.4. The average Bonchev–Trinajstić information content (AvgIpc) is 2.16. The zero-order valence-corrected chi connectivity index (χ0v) is 8.99. The van der Waals surface area contributed by atoms with Gasteiger partial charge < -0.3 is 4.74 Å². The van der Waals surface area contributed by atoms with Crippen LogP contribution in [0, 0.1) is 10.1 Å². The van der Waals surface area contributed by atoms with E-state index in [0.29, 0.717) is 0 Å². The summed E-state index contributed by atoms with van der Waals surface area (Å²) >= 11 is 2.79. The first-order valence-electron chi connectivity index (χ1n) is 3.64. The summed E-state index contributed by atoms with van der Waals surface area (Å²) in [6, 6.07) is 0.737. The van der Waals surface area contributed by atoms with Crippen LogP contribution in [0.4, 0.5) is 14.5 Å². The molecule has 0 aliphatic carbocycles. The number of ether oxygens (including phenoxy) is 1. The number of nitro groups is 1. The van der Waals surface area contributed by atoms with E-state index in [1.807, 2.05) is 0 Å². The standard InChI is InChI=1S/C7H5BrF2N2O3/c1-15-7-3(6(9)10)2-4(12(13)14)5(8)11-7/h2,6H,1H3. The lowest BCUT2D eigenvalue weighted by Crippen LogP contribution is -2.00. The molecule has 1 aromatic heterocycles. The van der Waals surface area contributed by atoms with Gasteiger partial charge >= 0.3 is 5.69 Å². The predicted molar refractivity (Wildman–Crippen MR) is 50.1 cm³/mol. The third-order valence-corrected chi connectivity index (χ3v) is 2.16. The molecule has 82 valence electrons. The Hall–Kier alpha value is -1.31. The van der Waals surface area contributed by atoms with Gasteiger partial charge in [-0.05, 0) is 15.9 Å². The molecule has 1 rings (SSSR count). The second-order valence-electron chi connectivity index (χ2n) is 2.45. The van der Waals surface area contributed by atoms with Crippen LogP contribution in [-0.4, -0.2) is 17.0 Å². The molecule has 0 N–H and O–H groups in total. The first-order chi connectivity index (χ1) is 6.97. The Morgan fingerprint density at radius 1 is 1.67 bits per heavy atom. The van der Waals surface area contributed by atoms with Crippen molar-refractivity contribution >= 4 is 21.6 Å². The van der Waals surface area contributed by atoms with E-state index in [2.05, 4.69) is 25.7 Å². The lowest BCUT2D eigenvalue weighted by Gasteiger charge is -2.06. The Bertz CT molecular complexity index is 400. The lowest BCUT2D eigenvalue weighted by molar-refractivity contribution is -0.386. The van der Waals surface area contributed by atoms with Crippen molar-refractivity contribution in [3.8, 4) is 5.88 Å². The number of hydrogen-bond donors (Lipinski definition) is 0. The molecule has 15 heavy (non-hydrogen) atoms. The fraction of sp³-hybridized carbons (Fsp3) is 0.286. The van der Waals surface area contributed by atoms with E-state index in [9.17, 15) is 18.9 Å². The zero-order chi connectivity index (χ0) is 11.6. The summed E-state index contributed by atoms with van der Waals surface area (Å²) in [4.78, 5) is 13.1. The quantitative estimate of drug-likeness (QED) is 0.486. The molecule has 0 aliphatic rings. The fourth-order valence-corrected chi connectivity index (χ4v) is 1.35. The first kappa shape index (κ1) is 11.8. The molecular weight excluding hydrogens is 278 g/mol. The molecule has 8 heteroatoms. The molecule has 0 fully saturated rings. The summed E-state index contributed by atoms with van der Waals surface area (Å²) in [5, 5.41) is 10.4. The van der Waals surface area contributed by atoms with Gasteiger partial charge in [0.05, 0.1) is 17.6 Å². The highest BCUT2D eigenvalue weighted by molar-refractivity contribution is 9.10. The molecule has 1 heterocycles. The second kappa shape index (κ2) is 4.47. The van der Waals surface area contributed by atoms with Gasteiger partial charge in [-0.2, -0.15) is 4.98 Å². The maximum atomic E-state index is 12.4. The number of nitrogens with zero attached hydrogens (tertiary/aromatic N) is 2. The molecule has 0 aliphatic heterocycles. The molecule has 0 spiro atoms. The van der Waals surface area contributed by atoms with Crippen molar-refractivity contribution in [3.63, 3.8) is 0 Å². The molecule has 0 amide bonds. The molecule has 0 atom stereocenters. The number of rotatable bonds is 3. The van der Waals surface area contributed by atoms with Gasteiger partial charge in [-0.1, -0.05) is 0 Å². The van der Waals surface area contributed by atoms with E-state index >= 15 is 0 Å². The van der Waals surface area contributed by atoms with Crippen LogP contribution in [-0.2, 0) is 0 Å². The average molecular weight is 283 g/mol. The Morgan fingerprint density at radius 3 is 2.67 bits per heavy atom. The molecule has 1 aromatic rings. The molecular formula is C7H5BrF2N2O3. The van der Waals surface area contributed by atoms with E-state index in [1.54, 1.807) is 0 Å². The largest absolute Gasteiger partial charge is 0.481 e. The molecule has 0 radical (unpaired) electrons. The summed E-state index contributed by atoms with van der Waals surface area (Å²) in [6.45, 7) is 0. The number of hydrogen-bond acceptors (Lipinski definition) is 4. The van der Waals surface area contributed by atoms with E-state index in [4.69, 9.17) is 0 Å². The van der Waals surface area contributed by atoms with Crippen molar-refractivity contribution < 1.29 is 18.4 Å². The molecule has 0 bridgehead atoms. The normalized spacial score (nSPS) is 10.5. The van der Waals surface area contributed by atoms with Crippen molar-refractivity contribution in [2.45, 2.75) is 6.43 Å². The SMILES string of the molecule is COc1nc(Br)c([N+](=O)[O-])cc1C(F)F. The fourth-order valence-electron chi connectivity index (χ4n) is 0.927. The van der Waals surface area contributed by atoms with Gasteiger partial charge in [-0.3, -0.25) is 10.1 Å². The van der Waals surface area contributed by atoms with Crippen LogP contribution in [0.15, 0.2) is 10.7 Å². The van der Waals surface area contributed by atoms with Crippen LogP contribution < -0.4 is 4.74 Å². The van der Waals surface area contributed by atoms with Gasteiger partial charge in [0.2, 0.25) is 5.88 Å². The summed E-state index contributed by atoms with van der Waals surface area (Å²) in [5.74, 6) is -0.331.